The predicted molar refractivity (Wildman–Crippen MR) is 62.8 cm³/mol. The van der Waals surface area contributed by atoms with Crippen molar-refractivity contribution in [3.8, 4) is 23.6 Å². The zero-order valence-corrected chi connectivity index (χ0v) is 9.57. The number of hydrogen-bond acceptors (Lipinski definition) is 2. The van der Waals surface area contributed by atoms with Gasteiger partial charge in [-0.05, 0) is 17.7 Å². The topological polar surface area (TPSA) is 48.9 Å². The standard InChI is InChI=1S/C13H9F3N2O/c1-2-12(19,13(14,15)16)10-5-3-4-9(8-10)11-6-7-17-18-11/h1,3-8,19H,(H,17,18). The summed E-state index contributed by atoms with van der Waals surface area (Å²) in [5.74, 6) is 1.41. The second-order valence-corrected chi connectivity index (χ2v) is 3.90. The van der Waals surface area contributed by atoms with Crippen LogP contribution in [0.2, 0.25) is 0 Å². The molecular weight excluding hydrogens is 257 g/mol. The first kappa shape index (κ1) is 13.2. The Labute approximate surface area is 107 Å². The molecule has 6 heteroatoms. The maximum absolute atomic E-state index is 12.9. The summed E-state index contributed by atoms with van der Waals surface area (Å²) in [6, 6.07) is 6.89. The largest absolute Gasteiger partial charge is 0.433 e. The maximum Gasteiger partial charge on any atom is 0.433 e. The summed E-state index contributed by atoms with van der Waals surface area (Å²) < 4.78 is 38.6. The van der Waals surface area contributed by atoms with Gasteiger partial charge in [0.15, 0.2) is 0 Å². The Morgan fingerprint density at radius 3 is 2.53 bits per heavy atom. The summed E-state index contributed by atoms with van der Waals surface area (Å²) in [6.07, 6.45) is 1.38. The number of alkyl halides is 3. The molecule has 1 aromatic heterocycles. The van der Waals surface area contributed by atoms with Gasteiger partial charge in [-0.15, -0.1) is 6.42 Å². The van der Waals surface area contributed by atoms with Gasteiger partial charge in [0, 0.05) is 11.8 Å². The van der Waals surface area contributed by atoms with E-state index in [2.05, 4.69) is 10.2 Å². The van der Waals surface area contributed by atoms with Crippen LogP contribution in [0.4, 0.5) is 13.2 Å². The highest BCUT2D eigenvalue weighted by molar-refractivity contribution is 5.60. The summed E-state index contributed by atoms with van der Waals surface area (Å²) in [5.41, 5.74) is -2.73. The highest BCUT2D eigenvalue weighted by Crippen LogP contribution is 2.39. The Bertz CT molecular complexity index is 614. The van der Waals surface area contributed by atoms with E-state index in [1.807, 2.05) is 0 Å². The first-order chi connectivity index (χ1) is 8.88. The molecule has 0 spiro atoms. The number of halogens is 3. The van der Waals surface area contributed by atoms with Gasteiger partial charge in [-0.1, -0.05) is 24.1 Å². The zero-order valence-electron chi connectivity index (χ0n) is 9.57. The van der Waals surface area contributed by atoms with E-state index in [4.69, 9.17) is 6.42 Å². The summed E-state index contributed by atoms with van der Waals surface area (Å²) in [5, 5.41) is 16.0. The molecule has 1 atom stereocenters. The molecular formula is C13H9F3N2O. The van der Waals surface area contributed by atoms with Gasteiger partial charge in [0.2, 0.25) is 5.60 Å². The van der Waals surface area contributed by atoms with Crippen molar-refractivity contribution < 1.29 is 18.3 Å². The zero-order chi connectivity index (χ0) is 14.1. The van der Waals surface area contributed by atoms with Crippen molar-refractivity contribution in [2.24, 2.45) is 0 Å². The van der Waals surface area contributed by atoms with Gasteiger partial charge in [0.25, 0.3) is 0 Å². The van der Waals surface area contributed by atoms with E-state index < -0.39 is 17.3 Å². The molecule has 0 saturated carbocycles. The van der Waals surface area contributed by atoms with Crippen molar-refractivity contribution in [1.82, 2.24) is 10.2 Å². The number of benzene rings is 1. The average Bonchev–Trinajstić information content (AvgIpc) is 2.90. The lowest BCUT2D eigenvalue weighted by Crippen LogP contribution is -2.40. The molecule has 2 N–H and O–H groups in total. The highest BCUT2D eigenvalue weighted by Gasteiger charge is 2.54. The van der Waals surface area contributed by atoms with E-state index in [0.29, 0.717) is 11.3 Å². The van der Waals surface area contributed by atoms with Crippen LogP contribution in [0.3, 0.4) is 0 Å². The van der Waals surface area contributed by atoms with Crippen LogP contribution in [0.25, 0.3) is 11.3 Å². The van der Waals surface area contributed by atoms with Crippen LogP contribution < -0.4 is 0 Å². The first-order valence-corrected chi connectivity index (χ1v) is 5.25. The molecule has 0 aliphatic rings. The van der Waals surface area contributed by atoms with Gasteiger partial charge in [-0.2, -0.15) is 18.3 Å². The fourth-order valence-electron chi connectivity index (χ4n) is 1.66. The van der Waals surface area contributed by atoms with Crippen molar-refractivity contribution in [3.63, 3.8) is 0 Å². The molecule has 0 aliphatic heterocycles. The molecule has 0 fully saturated rings. The van der Waals surface area contributed by atoms with Gasteiger partial charge >= 0.3 is 6.18 Å². The van der Waals surface area contributed by atoms with Gasteiger partial charge in [0.05, 0.1) is 5.69 Å². The van der Waals surface area contributed by atoms with Crippen LogP contribution in [-0.2, 0) is 5.60 Å². The third-order valence-corrected chi connectivity index (χ3v) is 2.71. The summed E-state index contributed by atoms with van der Waals surface area (Å²) in [4.78, 5) is 0. The van der Waals surface area contributed by atoms with E-state index in [-0.39, 0.29) is 0 Å². The molecule has 2 aromatic rings. The molecule has 98 valence electrons. The van der Waals surface area contributed by atoms with Gasteiger partial charge in [-0.25, -0.2) is 0 Å². The number of nitrogens with one attached hydrogen (secondary N) is 1. The monoisotopic (exact) mass is 266 g/mol. The Hall–Kier alpha value is -2.26. The summed E-state index contributed by atoms with van der Waals surface area (Å²) in [6.45, 7) is 0. The molecule has 0 bridgehead atoms. The number of aromatic amines is 1. The number of rotatable bonds is 2. The van der Waals surface area contributed by atoms with E-state index >= 15 is 0 Å². The van der Waals surface area contributed by atoms with Crippen LogP contribution in [0.5, 0.6) is 0 Å². The summed E-state index contributed by atoms with van der Waals surface area (Å²) in [7, 11) is 0. The molecule has 3 nitrogen and oxygen atoms in total. The minimum atomic E-state index is -4.95. The van der Waals surface area contributed by atoms with Crippen LogP contribution in [0.15, 0.2) is 36.5 Å². The summed E-state index contributed by atoms with van der Waals surface area (Å²) >= 11 is 0. The second kappa shape index (κ2) is 4.44. The molecule has 2 rings (SSSR count). The Kier molecular flexibility index (Phi) is 3.08. The molecule has 1 heterocycles. The van der Waals surface area contributed by atoms with Crippen LogP contribution in [0, 0.1) is 12.3 Å². The van der Waals surface area contributed by atoms with Gasteiger partial charge in [-0.3, -0.25) is 5.10 Å². The van der Waals surface area contributed by atoms with Crippen LogP contribution >= 0.6 is 0 Å². The van der Waals surface area contributed by atoms with E-state index in [9.17, 15) is 18.3 Å². The SMILES string of the molecule is C#CC(O)(c1cccc(-c2ccn[nH]2)c1)C(F)(F)F. The molecule has 0 radical (unpaired) electrons. The van der Waals surface area contributed by atoms with Gasteiger partial charge in [0.1, 0.15) is 0 Å². The molecule has 1 unspecified atom stereocenters. The normalized spacial score (nSPS) is 14.7. The van der Waals surface area contributed by atoms with Crippen molar-refractivity contribution in [2.75, 3.05) is 0 Å². The Morgan fingerprint density at radius 2 is 2.00 bits per heavy atom. The lowest BCUT2D eigenvalue weighted by molar-refractivity contribution is -0.240. The molecule has 0 saturated heterocycles. The predicted octanol–water partition coefficient (Wildman–Crippen LogP) is 2.46. The number of nitrogens with zero attached hydrogens (tertiary/aromatic N) is 1. The minimum absolute atomic E-state index is 0.408. The number of aliphatic hydroxyl groups is 1. The van der Waals surface area contributed by atoms with Crippen molar-refractivity contribution in [1.29, 1.82) is 0 Å². The van der Waals surface area contributed by atoms with Crippen LogP contribution in [-0.4, -0.2) is 21.5 Å². The molecule has 0 aliphatic carbocycles. The average molecular weight is 266 g/mol. The van der Waals surface area contributed by atoms with E-state index in [0.717, 1.165) is 6.07 Å². The quantitative estimate of drug-likeness (QED) is 0.820. The lowest BCUT2D eigenvalue weighted by atomic mass is 9.92. The first-order valence-electron chi connectivity index (χ1n) is 5.25. The Balaban J connectivity index is 2.53. The number of aromatic nitrogens is 2. The molecule has 1 aromatic carbocycles. The van der Waals surface area contributed by atoms with Crippen molar-refractivity contribution >= 4 is 0 Å². The van der Waals surface area contributed by atoms with E-state index in [1.165, 1.54) is 24.3 Å². The lowest BCUT2D eigenvalue weighted by Gasteiger charge is -2.25. The second-order valence-electron chi connectivity index (χ2n) is 3.90. The van der Waals surface area contributed by atoms with Crippen LogP contribution in [0.1, 0.15) is 5.56 Å². The number of hydrogen-bond donors (Lipinski definition) is 2. The van der Waals surface area contributed by atoms with Crippen molar-refractivity contribution in [2.45, 2.75) is 11.8 Å². The highest BCUT2D eigenvalue weighted by atomic mass is 19.4. The maximum atomic E-state index is 12.9. The number of H-pyrrole nitrogens is 1. The third kappa shape index (κ3) is 2.20. The minimum Gasteiger partial charge on any atom is -0.366 e. The molecule has 19 heavy (non-hydrogen) atoms. The fraction of sp³-hybridized carbons (Fsp3) is 0.154. The van der Waals surface area contributed by atoms with Crippen molar-refractivity contribution in [3.05, 3.63) is 42.1 Å². The third-order valence-electron chi connectivity index (χ3n) is 2.71. The smallest absolute Gasteiger partial charge is 0.366 e. The fourth-order valence-corrected chi connectivity index (χ4v) is 1.66. The Morgan fingerprint density at radius 1 is 1.26 bits per heavy atom. The van der Waals surface area contributed by atoms with Gasteiger partial charge < -0.3 is 5.11 Å². The molecule has 0 amide bonds. The van der Waals surface area contributed by atoms with E-state index in [1.54, 1.807) is 12.1 Å². The number of terminal acetylenes is 1.